The lowest BCUT2D eigenvalue weighted by Gasteiger charge is -2.24. The molecule has 0 radical (unpaired) electrons. The van der Waals surface area contributed by atoms with E-state index in [1.54, 1.807) is 0 Å². The fourth-order valence-electron chi connectivity index (χ4n) is 12.1. The number of benzene rings is 12. The summed E-state index contributed by atoms with van der Waals surface area (Å²) in [5.74, 6) is 0. The monoisotopic (exact) mass is 886 g/mol. The first kappa shape index (κ1) is 38.8. The molecule has 0 atom stereocenters. The molecule has 324 valence electrons. The lowest BCUT2D eigenvalue weighted by atomic mass is 9.79. The lowest BCUT2D eigenvalue weighted by molar-refractivity contribution is 1.16. The van der Waals surface area contributed by atoms with Crippen LogP contribution in [0.3, 0.4) is 0 Å². The maximum atomic E-state index is 2.46. The topological polar surface area (TPSA) is 9.86 Å². The summed E-state index contributed by atoms with van der Waals surface area (Å²) in [6.07, 6.45) is 0. The Hall–Kier alpha value is -9.24. The summed E-state index contributed by atoms with van der Waals surface area (Å²) < 4.78 is 4.87. The summed E-state index contributed by atoms with van der Waals surface area (Å²) in [5.41, 5.74) is 22.0. The Bertz CT molecular complexity index is 4390. The summed E-state index contributed by atoms with van der Waals surface area (Å²) in [7, 11) is 0. The van der Waals surface area contributed by atoms with Gasteiger partial charge in [0.1, 0.15) is 0 Å². The maximum Gasteiger partial charge on any atom is 0.0562 e. The average Bonchev–Trinajstić information content (AvgIpc) is 3.93. The molecule has 12 aromatic carbocycles. The van der Waals surface area contributed by atoms with Crippen molar-refractivity contribution in [3.63, 3.8) is 0 Å². The highest BCUT2D eigenvalue weighted by Gasteiger charge is 2.24. The van der Waals surface area contributed by atoms with Crippen LogP contribution in [0.2, 0.25) is 0 Å². The Morgan fingerprint density at radius 2 is 0.529 bits per heavy atom. The van der Waals surface area contributed by atoms with Crippen molar-refractivity contribution in [1.29, 1.82) is 0 Å². The van der Waals surface area contributed by atoms with E-state index in [2.05, 4.69) is 264 Å². The molecule has 0 saturated carbocycles. The molecule has 0 unspecified atom stereocenters. The largest absolute Gasteiger partial charge is 0.309 e. The summed E-state index contributed by atoms with van der Waals surface area (Å²) in [5, 5.41) is 9.98. The highest BCUT2D eigenvalue weighted by atomic mass is 15.0. The van der Waals surface area contributed by atoms with E-state index in [4.69, 9.17) is 0 Å². The fraction of sp³-hybridized carbons (Fsp3) is 0. The number of aromatic nitrogens is 2. The minimum Gasteiger partial charge on any atom is -0.309 e. The van der Waals surface area contributed by atoms with E-state index in [0.29, 0.717) is 0 Å². The van der Waals surface area contributed by atoms with Crippen molar-refractivity contribution in [3.05, 3.63) is 255 Å². The summed E-state index contributed by atoms with van der Waals surface area (Å²) in [6, 6.07) is 94.5. The molecular formula is C68H42N2. The molecule has 2 aromatic heterocycles. The third kappa shape index (κ3) is 5.62. The van der Waals surface area contributed by atoms with E-state index in [0.717, 1.165) is 11.4 Å². The molecule has 2 heterocycles. The fourth-order valence-corrected chi connectivity index (χ4v) is 12.1. The highest BCUT2D eigenvalue weighted by molar-refractivity contribution is 6.22. The molecule has 0 saturated heterocycles. The number of hydrogen-bond acceptors (Lipinski definition) is 0. The Morgan fingerprint density at radius 1 is 0.186 bits per heavy atom. The van der Waals surface area contributed by atoms with Gasteiger partial charge in [0.05, 0.1) is 22.1 Å². The number of rotatable bonds is 4. The van der Waals surface area contributed by atoms with Gasteiger partial charge in [-0.05, 0) is 143 Å². The van der Waals surface area contributed by atoms with Crippen molar-refractivity contribution >= 4 is 65.2 Å². The summed E-state index contributed by atoms with van der Waals surface area (Å²) >= 11 is 0. The zero-order chi connectivity index (χ0) is 45.9. The second kappa shape index (κ2) is 15.1. The number of hydrogen-bond donors (Lipinski definition) is 0. The molecule has 0 spiro atoms. The van der Waals surface area contributed by atoms with Crippen LogP contribution in [-0.2, 0) is 0 Å². The summed E-state index contributed by atoms with van der Waals surface area (Å²) in [4.78, 5) is 0. The van der Waals surface area contributed by atoms with Gasteiger partial charge in [-0.2, -0.15) is 0 Å². The molecule has 15 rings (SSSR count). The van der Waals surface area contributed by atoms with Gasteiger partial charge in [0.25, 0.3) is 0 Å². The molecule has 0 aliphatic heterocycles. The van der Waals surface area contributed by atoms with Crippen molar-refractivity contribution in [2.75, 3.05) is 0 Å². The van der Waals surface area contributed by atoms with Crippen LogP contribution in [-0.4, -0.2) is 9.13 Å². The van der Waals surface area contributed by atoms with E-state index in [9.17, 15) is 0 Å². The third-order valence-electron chi connectivity index (χ3n) is 15.1. The standard InChI is InChI=1S/C68H42N2/c1-2-18-45(19-3-1)69-63-32-16-14-26-54(63)61-41-62-55-27-15-17-33-64(55)70(66(62)42-65(61)69)46-37-34-43(35-38-46)67-56-28-10-12-30-58(56)68(59-31-13-11-29-57(59)67)44-36-39-53-51-24-7-6-22-49(51)47-20-4-5-21-48(47)50-23-8-9-25-52(50)60(53)40-44/h1-42H. The van der Waals surface area contributed by atoms with E-state index in [1.165, 1.54) is 132 Å². The van der Waals surface area contributed by atoms with Crippen LogP contribution in [0.4, 0.5) is 0 Å². The molecule has 1 aliphatic rings. The first-order valence-corrected chi connectivity index (χ1v) is 24.3. The molecular weight excluding hydrogens is 845 g/mol. The Morgan fingerprint density at radius 3 is 1.00 bits per heavy atom. The Labute approximate surface area is 405 Å². The molecule has 70 heavy (non-hydrogen) atoms. The second-order valence-corrected chi connectivity index (χ2v) is 18.7. The van der Waals surface area contributed by atoms with E-state index >= 15 is 0 Å². The normalized spacial score (nSPS) is 12.0. The zero-order valence-electron chi connectivity index (χ0n) is 38.1. The van der Waals surface area contributed by atoms with Gasteiger partial charge in [0, 0.05) is 32.9 Å². The molecule has 0 amide bonds. The molecule has 0 bridgehead atoms. The van der Waals surface area contributed by atoms with Crippen molar-refractivity contribution in [1.82, 2.24) is 9.13 Å². The highest BCUT2D eigenvalue weighted by Crippen LogP contribution is 2.51. The van der Waals surface area contributed by atoms with E-state index in [1.807, 2.05) is 0 Å². The van der Waals surface area contributed by atoms with Crippen LogP contribution >= 0.6 is 0 Å². The first-order valence-electron chi connectivity index (χ1n) is 24.3. The van der Waals surface area contributed by atoms with Gasteiger partial charge in [0.2, 0.25) is 0 Å². The van der Waals surface area contributed by atoms with Crippen LogP contribution < -0.4 is 0 Å². The minimum absolute atomic E-state index is 1.13. The molecule has 2 nitrogen and oxygen atoms in total. The smallest absolute Gasteiger partial charge is 0.0562 e. The molecule has 0 fully saturated rings. The minimum atomic E-state index is 1.13. The zero-order valence-corrected chi connectivity index (χ0v) is 38.1. The van der Waals surface area contributed by atoms with Gasteiger partial charge >= 0.3 is 0 Å². The van der Waals surface area contributed by atoms with Crippen LogP contribution in [0.15, 0.2) is 255 Å². The predicted octanol–water partition coefficient (Wildman–Crippen LogP) is 18.5. The summed E-state index contributed by atoms with van der Waals surface area (Å²) in [6.45, 7) is 0. The molecule has 0 N–H and O–H groups in total. The Kier molecular flexibility index (Phi) is 8.39. The lowest BCUT2D eigenvalue weighted by Crippen LogP contribution is -1.98. The second-order valence-electron chi connectivity index (χ2n) is 18.7. The number of para-hydroxylation sites is 3. The van der Waals surface area contributed by atoms with Crippen LogP contribution in [0.25, 0.3) is 143 Å². The van der Waals surface area contributed by atoms with Gasteiger partial charge in [-0.3, -0.25) is 0 Å². The van der Waals surface area contributed by atoms with E-state index < -0.39 is 0 Å². The molecule has 2 heteroatoms. The van der Waals surface area contributed by atoms with Gasteiger partial charge in [0.15, 0.2) is 0 Å². The average molecular weight is 887 g/mol. The van der Waals surface area contributed by atoms with Crippen LogP contribution in [0.1, 0.15) is 0 Å². The van der Waals surface area contributed by atoms with Crippen LogP contribution in [0.5, 0.6) is 0 Å². The van der Waals surface area contributed by atoms with Crippen LogP contribution in [0, 0.1) is 0 Å². The molecule has 1 aliphatic carbocycles. The predicted molar refractivity (Wildman–Crippen MR) is 296 cm³/mol. The first-order chi connectivity index (χ1) is 34.8. The maximum absolute atomic E-state index is 2.46. The third-order valence-corrected chi connectivity index (χ3v) is 15.1. The number of fused-ring (bicyclic) bond motifs is 16. The molecule has 14 aromatic rings. The quantitative estimate of drug-likeness (QED) is 0.156. The van der Waals surface area contributed by atoms with Gasteiger partial charge in [-0.15, -0.1) is 0 Å². The van der Waals surface area contributed by atoms with Gasteiger partial charge in [-0.1, -0.05) is 200 Å². The Balaban J connectivity index is 0.918. The SMILES string of the molecule is c1ccc(-n2c3ccccc3c3cc4c5ccccc5n(-c5ccc(-c6c7ccccc7c(-c7ccc8c(c7)-c7ccccc7-c7ccccc7-c7ccccc7-8)c7ccccc67)cc5)c4cc32)cc1. The van der Waals surface area contributed by atoms with Crippen molar-refractivity contribution in [2.24, 2.45) is 0 Å². The van der Waals surface area contributed by atoms with Crippen molar-refractivity contribution in [3.8, 4) is 78.1 Å². The van der Waals surface area contributed by atoms with Gasteiger partial charge in [-0.25, -0.2) is 0 Å². The van der Waals surface area contributed by atoms with Crippen molar-refractivity contribution < 1.29 is 0 Å². The number of nitrogens with zero attached hydrogens (tertiary/aromatic N) is 2. The van der Waals surface area contributed by atoms with Crippen molar-refractivity contribution in [2.45, 2.75) is 0 Å². The van der Waals surface area contributed by atoms with E-state index in [-0.39, 0.29) is 0 Å². The van der Waals surface area contributed by atoms with Gasteiger partial charge < -0.3 is 9.13 Å².